The van der Waals surface area contributed by atoms with Gasteiger partial charge >= 0.3 is 5.97 Å². The van der Waals surface area contributed by atoms with Gasteiger partial charge in [-0.1, -0.05) is 90.2 Å². The van der Waals surface area contributed by atoms with Crippen LogP contribution in [0.5, 0.6) is 11.5 Å². The van der Waals surface area contributed by atoms with E-state index in [0.29, 0.717) is 11.3 Å². The third kappa shape index (κ3) is 9.16. The van der Waals surface area contributed by atoms with Crippen molar-refractivity contribution in [2.75, 3.05) is 6.61 Å². The minimum atomic E-state index is -0.340. The van der Waals surface area contributed by atoms with Crippen LogP contribution in [0.2, 0.25) is 0 Å². The highest BCUT2D eigenvalue weighted by molar-refractivity contribution is 5.91. The van der Waals surface area contributed by atoms with Crippen LogP contribution in [-0.2, 0) is 6.42 Å². The Balaban J connectivity index is 1.28. The first kappa shape index (κ1) is 26.3. The van der Waals surface area contributed by atoms with E-state index in [0.717, 1.165) is 37.0 Å². The number of ether oxygens (including phenoxy) is 2. The second kappa shape index (κ2) is 14.9. The number of hydrogen-bond donors (Lipinski definition) is 0. The van der Waals surface area contributed by atoms with Gasteiger partial charge in [0.2, 0.25) is 0 Å². The van der Waals surface area contributed by atoms with Gasteiger partial charge in [0.25, 0.3) is 0 Å². The summed E-state index contributed by atoms with van der Waals surface area (Å²) < 4.78 is 11.4. The SMILES string of the molecule is CCCCCCCC1CCC(CCCOc2ccc(C(=O)Oc3ccc(CC)cc3)cc2)CC1. The van der Waals surface area contributed by atoms with E-state index in [4.69, 9.17) is 9.47 Å². The smallest absolute Gasteiger partial charge is 0.343 e. The molecule has 0 bridgehead atoms. The zero-order chi connectivity index (χ0) is 24.0. The van der Waals surface area contributed by atoms with Crippen molar-refractivity contribution < 1.29 is 14.3 Å². The molecule has 0 heterocycles. The zero-order valence-corrected chi connectivity index (χ0v) is 21.4. The van der Waals surface area contributed by atoms with E-state index in [2.05, 4.69) is 13.8 Å². The van der Waals surface area contributed by atoms with Crippen molar-refractivity contribution in [1.29, 1.82) is 0 Å². The van der Waals surface area contributed by atoms with Crippen LogP contribution in [0.1, 0.15) is 107 Å². The molecule has 1 saturated carbocycles. The Morgan fingerprint density at radius 1 is 0.735 bits per heavy atom. The Hall–Kier alpha value is -2.29. The predicted octanol–water partition coefficient (Wildman–Crippen LogP) is 8.79. The maximum Gasteiger partial charge on any atom is 0.343 e. The number of carbonyl (C=O) groups excluding carboxylic acids is 1. The maximum absolute atomic E-state index is 12.4. The summed E-state index contributed by atoms with van der Waals surface area (Å²) in [7, 11) is 0. The third-order valence-corrected chi connectivity index (χ3v) is 7.34. The second-order valence-electron chi connectivity index (χ2n) is 9.99. The lowest BCUT2D eigenvalue weighted by atomic mass is 9.78. The van der Waals surface area contributed by atoms with E-state index in [1.807, 2.05) is 36.4 Å². The van der Waals surface area contributed by atoms with Gasteiger partial charge in [-0.25, -0.2) is 4.79 Å². The van der Waals surface area contributed by atoms with E-state index in [1.165, 1.54) is 76.2 Å². The molecule has 1 fully saturated rings. The minimum Gasteiger partial charge on any atom is -0.494 e. The normalized spacial score (nSPS) is 17.9. The molecule has 3 nitrogen and oxygen atoms in total. The van der Waals surface area contributed by atoms with E-state index in [1.54, 1.807) is 12.1 Å². The molecule has 2 aromatic carbocycles. The molecule has 0 radical (unpaired) electrons. The van der Waals surface area contributed by atoms with Gasteiger partial charge in [-0.15, -0.1) is 0 Å². The molecule has 1 aliphatic rings. The summed E-state index contributed by atoms with van der Waals surface area (Å²) in [6.07, 6.45) is 17.5. The molecule has 0 aliphatic heterocycles. The van der Waals surface area contributed by atoms with Crippen LogP contribution in [0, 0.1) is 11.8 Å². The van der Waals surface area contributed by atoms with Gasteiger partial charge in [-0.2, -0.15) is 0 Å². The van der Waals surface area contributed by atoms with Crippen molar-refractivity contribution in [3.63, 3.8) is 0 Å². The molecule has 0 spiro atoms. The zero-order valence-electron chi connectivity index (χ0n) is 21.4. The topological polar surface area (TPSA) is 35.5 Å². The van der Waals surface area contributed by atoms with Crippen LogP contribution in [0.25, 0.3) is 0 Å². The third-order valence-electron chi connectivity index (χ3n) is 7.34. The molecule has 34 heavy (non-hydrogen) atoms. The number of unbranched alkanes of at least 4 members (excludes halogenated alkanes) is 4. The number of carbonyl (C=O) groups is 1. The standard InChI is InChI=1S/C31H44O3/c1-3-5-6-7-8-10-26-12-14-27(15-13-26)11-9-24-33-29-22-18-28(19-23-29)31(32)34-30-20-16-25(4-2)17-21-30/h16-23,26-27H,3-15,24H2,1-2H3. The van der Waals surface area contributed by atoms with Crippen LogP contribution < -0.4 is 9.47 Å². The summed E-state index contributed by atoms with van der Waals surface area (Å²) in [4.78, 5) is 12.4. The molecule has 3 heteroatoms. The molecule has 0 amide bonds. The summed E-state index contributed by atoms with van der Waals surface area (Å²) in [5.74, 6) is 2.91. The largest absolute Gasteiger partial charge is 0.494 e. The first-order chi connectivity index (χ1) is 16.7. The molecule has 0 N–H and O–H groups in total. The van der Waals surface area contributed by atoms with Crippen LogP contribution in [0.3, 0.4) is 0 Å². The molecule has 3 rings (SSSR count). The molecule has 2 aromatic rings. The number of rotatable bonds is 14. The highest BCUT2D eigenvalue weighted by Gasteiger charge is 2.20. The fraction of sp³-hybridized carbons (Fsp3) is 0.581. The fourth-order valence-electron chi connectivity index (χ4n) is 5.05. The van der Waals surface area contributed by atoms with E-state index < -0.39 is 0 Å². The summed E-state index contributed by atoms with van der Waals surface area (Å²) in [5, 5.41) is 0. The molecule has 0 atom stereocenters. The number of esters is 1. The lowest BCUT2D eigenvalue weighted by molar-refractivity contribution is 0.0734. The highest BCUT2D eigenvalue weighted by atomic mass is 16.5. The monoisotopic (exact) mass is 464 g/mol. The number of hydrogen-bond acceptors (Lipinski definition) is 3. The Morgan fingerprint density at radius 2 is 1.32 bits per heavy atom. The molecular weight excluding hydrogens is 420 g/mol. The first-order valence-corrected chi connectivity index (χ1v) is 13.7. The molecule has 0 aromatic heterocycles. The van der Waals surface area contributed by atoms with Gasteiger partial charge in [0, 0.05) is 0 Å². The van der Waals surface area contributed by atoms with Gasteiger partial charge in [0.1, 0.15) is 11.5 Å². The average molecular weight is 465 g/mol. The maximum atomic E-state index is 12.4. The Labute approximate surface area is 207 Å². The van der Waals surface area contributed by atoms with Gasteiger partial charge in [-0.05, 0) is 73.1 Å². The van der Waals surface area contributed by atoms with Crippen LogP contribution in [-0.4, -0.2) is 12.6 Å². The summed E-state index contributed by atoms with van der Waals surface area (Å²) in [5.41, 5.74) is 1.76. The van der Waals surface area contributed by atoms with Crippen molar-refractivity contribution in [2.45, 2.75) is 97.3 Å². The summed E-state index contributed by atoms with van der Waals surface area (Å²) >= 11 is 0. The van der Waals surface area contributed by atoms with Gasteiger partial charge < -0.3 is 9.47 Å². The van der Waals surface area contributed by atoms with E-state index in [9.17, 15) is 4.79 Å². The lowest BCUT2D eigenvalue weighted by Gasteiger charge is -2.28. The van der Waals surface area contributed by atoms with Crippen LogP contribution >= 0.6 is 0 Å². The lowest BCUT2D eigenvalue weighted by Crippen LogP contribution is -2.15. The number of benzene rings is 2. The fourth-order valence-corrected chi connectivity index (χ4v) is 5.05. The second-order valence-corrected chi connectivity index (χ2v) is 9.99. The van der Waals surface area contributed by atoms with E-state index in [-0.39, 0.29) is 5.97 Å². The molecule has 1 aliphatic carbocycles. The van der Waals surface area contributed by atoms with Gasteiger partial charge in [0.15, 0.2) is 0 Å². The Kier molecular flexibility index (Phi) is 11.5. The summed E-state index contributed by atoms with van der Waals surface area (Å²) in [6.45, 7) is 5.13. The molecule has 0 unspecified atom stereocenters. The van der Waals surface area contributed by atoms with Gasteiger partial charge in [0.05, 0.1) is 12.2 Å². The number of aryl methyl sites for hydroxylation is 1. The molecule has 0 saturated heterocycles. The van der Waals surface area contributed by atoms with Crippen molar-refractivity contribution in [3.05, 3.63) is 59.7 Å². The summed E-state index contributed by atoms with van der Waals surface area (Å²) in [6, 6.07) is 14.9. The van der Waals surface area contributed by atoms with Gasteiger partial charge in [-0.3, -0.25) is 0 Å². The Bertz CT molecular complexity index is 817. The predicted molar refractivity (Wildman–Crippen MR) is 141 cm³/mol. The van der Waals surface area contributed by atoms with Crippen molar-refractivity contribution in [2.24, 2.45) is 11.8 Å². The quantitative estimate of drug-likeness (QED) is 0.159. The van der Waals surface area contributed by atoms with Crippen LogP contribution in [0.15, 0.2) is 48.5 Å². The van der Waals surface area contributed by atoms with E-state index >= 15 is 0 Å². The first-order valence-electron chi connectivity index (χ1n) is 13.7. The average Bonchev–Trinajstić information content (AvgIpc) is 2.88. The van der Waals surface area contributed by atoms with Crippen molar-refractivity contribution in [3.8, 4) is 11.5 Å². The van der Waals surface area contributed by atoms with Crippen LogP contribution in [0.4, 0.5) is 0 Å². The highest BCUT2D eigenvalue weighted by Crippen LogP contribution is 2.34. The van der Waals surface area contributed by atoms with Crippen molar-refractivity contribution in [1.82, 2.24) is 0 Å². The molecular formula is C31H44O3. The Morgan fingerprint density at radius 3 is 1.94 bits per heavy atom. The molecule has 186 valence electrons. The minimum absolute atomic E-state index is 0.340. The van der Waals surface area contributed by atoms with Crippen molar-refractivity contribution >= 4 is 5.97 Å².